The third-order valence-electron chi connectivity index (χ3n) is 1.29. The fourth-order valence-electron chi connectivity index (χ4n) is 0.948. The molecule has 4 nitrogen and oxygen atoms in total. The quantitative estimate of drug-likeness (QED) is 0.495. The second kappa shape index (κ2) is 5.65. The van der Waals surface area contributed by atoms with E-state index in [0.29, 0.717) is 0 Å². The van der Waals surface area contributed by atoms with Crippen LogP contribution in [0.1, 0.15) is 0 Å². The Balaban J connectivity index is 5.39. The lowest BCUT2D eigenvalue weighted by Crippen LogP contribution is -2.27. The highest BCUT2D eigenvalue weighted by Gasteiger charge is 2.45. The van der Waals surface area contributed by atoms with Gasteiger partial charge in [0.15, 0.2) is 0 Å². The Labute approximate surface area is 78.4 Å². The molecule has 0 fully saturated rings. The molecule has 0 aliphatic heterocycles. The third kappa shape index (κ3) is 3.28. The van der Waals surface area contributed by atoms with Crippen molar-refractivity contribution in [2.45, 2.75) is 0 Å². The Morgan fingerprint density at radius 1 is 0.615 bits per heavy atom. The van der Waals surface area contributed by atoms with Crippen molar-refractivity contribution in [3.63, 3.8) is 0 Å². The molecule has 5 heteroatoms. The summed E-state index contributed by atoms with van der Waals surface area (Å²) in [5.74, 6) is 11.1. The van der Waals surface area contributed by atoms with Gasteiger partial charge in [0.2, 0.25) is 28.2 Å². The van der Waals surface area contributed by atoms with Gasteiger partial charge in [-0.05, 0) is 0 Å². The van der Waals surface area contributed by atoms with Crippen molar-refractivity contribution < 1.29 is 0 Å². The minimum atomic E-state index is -1.64. The van der Waals surface area contributed by atoms with Crippen LogP contribution in [-0.2, 0) is 0 Å². The maximum atomic E-state index is 3.77. The van der Waals surface area contributed by atoms with E-state index in [4.69, 9.17) is 0 Å². The van der Waals surface area contributed by atoms with E-state index in [-0.39, 0.29) is 0 Å². The molecule has 0 radical (unpaired) electrons. The van der Waals surface area contributed by atoms with Crippen molar-refractivity contribution >= 4 is 6.15 Å². The van der Waals surface area contributed by atoms with E-state index in [1.165, 1.54) is 0 Å². The minimum Gasteiger partial charge on any atom is -0.131 e. The van der Waals surface area contributed by atoms with Crippen LogP contribution in [0.4, 0.5) is 0 Å². The summed E-state index contributed by atoms with van der Waals surface area (Å²) < 4.78 is 0. The van der Waals surface area contributed by atoms with Gasteiger partial charge in [-0.25, -0.2) is 0 Å². The van der Waals surface area contributed by atoms with E-state index in [0.717, 1.165) is 0 Å². The van der Waals surface area contributed by atoms with Gasteiger partial charge in [-0.2, -0.15) is 0 Å². The first-order valence-electron chi connectivity index (χ1n) is 3.84. The number of nitrogens with zero attached hydrogens (tertiary/aromatic N) is 4. The van der Waals surface area contributed by atoms with Crippen molar-refractivity contribution in [2.24, 2.45) is 0 Å². The van der Waals surface area contributed by atoms with Gasteiger partial charge in [-0.3, -0.25) is 0 Å². The maximum absolute atomic E-state index is 3.77. The molecule has 64 valence electrons. The molecule has 0 amide bonds. The summed E-state index contributed by atoms with van der Waals surface area (Å²) in [6.45, 7) is 0. The molecular formula is C8H12BN4+3. The Morgan fingerprint density at radius 3 is 1.00 bits per heavy atom. The van der Waals surface area contributed by atoms with Gasteiger partial charge in [0.1, 0.15) is 23.9 Å². The second-order valence-corrected chi connectivity index (χ2v) is 2.28. The monoisotopic (exact) mass is 175 g/mol. The Bertz CT molecular complexity index is 324. The summed E-state index contributed by atoms with van der Waals surface area (Å²) in [5.41, 5.74) is 0. The molecule has 0 bridgehead atoms. The SMILES string of the molecule is C[N+]#C[B-](C#[N+]C)(C#[N+]C)C#[N+]C. The molecule has 0 rings (SSSR count). The van der Waals surface area contributed by atoms with Gasteiger partial charge in [0.25, 0.3) is 0 Å². The van der Waals surface area contributed by atoms with E-state index in [1.54, 1.807) is 28.2 Å². The molecule has 0 aliphatic rings. The smallest absolute Gasteiger partial charge is 0.131 e. The summed E-state index contributed by atoms with van der Waals surface area (Å²) >= 11 is 0. The number of hydrogen-bond acceptors (Lipinski definition) is 0. The average Bonchev–Trinajstić information content (AvgIpc) is 2.06. The van der Waals surface area contributed by atoms with Crippen LogP contribution in [0.2, 0.25) is 0 Å². The van der Waals surface area contributed by atoms with Crippen molar-refractivity contribution in [3.05, 3.63) is 19.4 Å². The lowest BCUT2D eigenvalue weighted by atomic mass is 9.30. The van der Waals surface area contributed by atoms with Crippen LogP contribution in [0.3, 0.4) is 0 Å². The van der Waals surface area contributed by atoms with Gasteiger partial charge in [-0.15, -0.1) is 19.4 Å². The summed E-state index contributed by atoms with van der Waals surface area (Å²) in [4.78, 5) is 15.1. The van der Waals surface area contributed by atoms with Crippen LogP contribution in [0.25, 0.3) is 19.4 Å². The zero-order chi connectivity index (χ0) is 10.2. The first-order valence-corrected chi connectivity index (χ1v) is 3.84. The third-order valence-corrected chi connectivity index (χ3v) is 1.29. The van der Waals surface area contributed by atoms with E-state index < -0.39 is 6.15 Å². The number of rotatable bonds is 0. The van der Waals surface area contributed by atoms with Crippen LogP contribution in [0, 0.1) is 23.9 Å². The normalized spacial score (nSPS) is 7.08. The lowest BCUT2D eigenvalue weighted by Gasteiger charge is -1.81. The molecule has 0 atom stereocenters. The molecule has 0 unspecified atom stereocenters. The molecule has 0 spiro atoms. The molecule has 0 saturated heterocycles. The van der Waals surface area contributed by atoms with E-state index >= 15 is 0 Å². The summed E-state index contributed by atoms with van der Waals surface area (Å²) in [7, 11) is 6.45. The fourth-order valence-corrected chi connectivity index (χ4v) is 0.948. The van der Waals surface area contributed by atoms with Gasteiger partial charge in [0, 0.05) is 0 Å². The fraction of sp³-hybridized carbons (Fsp3) is 0.500. The summed E-state index contributed by atoms with van der Waals surface area (Å²) in [5, 5.41) is 0. The van der Waals surface area contributed by atoms with Crippen molar-refractivity contribution in [2.75, 3.05) is 28.2 Å². The van der Waals surface area contributed by atoms with Gasteiger partial charge in [0.05, 0.1) is 0 Å². The first kappa shape index (κ1) is 11.0. The van der Waals surface area contributed by atoms with Crippen LogP contribution in [0.15, 0.2) is 0 Å². The molecule has 0 aromatic carbocycles. The minimum absolute atomic E-state index is 1.61. The Morgan fingerprint density at radius 2 is 0.846 bits per heavy atom. The lowest BCUT2D eigenvalue weighted by molar-refractivity contribution is 1.88. The summed E-state index contributed by atoms with van der Waals surface area (Å²) in [6.07, 6.45) is -1.64. The standard InChI is InChI=1S/C8H12BN4/c1-10-5-9(6-11-2,7-12-3)8-13-4/h1-4H3/q+3. The van der Waals surface area contributed by atoms with Gasteiger partial charge in [-0.1, -0.05) is 0 Å². The molecule has 0 aromatic heterocycles. The summed E-state index contributed by atoms with van der Waals surface area (Å²) in [6, 6.07) is 0. The predicted octanol–water partition coefficient (Wildman–Crippen LogP) is 1.44. The number of hydrogen-bond donors (Lipinski definition) is 0. The van der Waals surface area contributed by atoms with Crippen LogP contribution in [-0.4, -0.2) is 34.3 Å². The highest BCUT2D eigenvalue weighted by molar-refractivity contribution is 7.06. The molecular weight excluding hydrogens is 163 g/mol. The molecule has 0 heterocycles. The molecule has 0 aromatic rings. The molecule has 0 aliphatic carbocycles. The van der Waals surface area contributed by atoms with Crippen LogP contribution < -0.4 is 0 Å². The molecule has 0 saturated carbocycles. The van der Waals surface area contributed by atoms with E-state index in [1.807, 2.05) is 0 Å². The Kier molecular flexibility index (Phi) is 4.79. The van der Waals surface area contributed by atoms with E-state index in [2.05, 4.69) is 43.3 Å². The van der Waals surface area contributed by atoms with Crippen LogP contribution >= 0.6 is 0 Å². The highest BCUT2D eigenvalue weighted by atomic mass is 14.6. The van der Waals surface area contributed by atoms with Crippen LogP contribution in [0.5, 0.6) is 0 Å². The Hall–Kier alpha value is -1.98. The van der Waals surface area contributed by atoms with E-state index in [9.17, 15) is 0 Å². The topological polar surface area (TPSA) is 17.4 Å². The molecule has 0 N–H and O–H groups in total. The maximum Gasteiger partial charge on any atom is 0.600 e. The zero-order valence-electron chi connectivity index (χ0n) is 8.37. The first-order chi connectivity index (χ1) is 6.24. The van der Waals surface area contributed by atoms with Gasteiger partial charge >= 0.3 is 6.15 Å². The second-order valence-electron chi connectivity index (χ2n) is 2.28. The van der Waals surface area contributed by atoms with Gasteiger partial charge < -0.3 is 0 Å². The average molecular weight is 175 g/mol. The van der Waals surface area contributed by atoms with Crippen molar-refractivity contribution in [1.29, 1.82) is 0 Å². The predicted molar refractivity (Wildman–Crippen MR) is 58.4 cm³/mol. The van der Waals surface area contributed by atoms with Crippen molar-refractivity contribution in [3.8, 4) is 23.9 Å². The zero-order valence-corrected chi connectivity index (χ0v) is 8.37. The largest absolute Gasteiger partial charge is 0.600 e. The highest BCUT2D eigenvalue weighted by Crippen LogP contribution is 1.98. The molecule has 13 heavy (non-hydrogen) atoms. The van der Waals surface area contributed by atoms with Crippen molar-refractivity contribution in [1.82, 2.24) is 0 Å².